The first-order valence-corrected chi connectivity index (χ1v) is 3.85. The van der Waals surface area contributed by atoms with Crippen molar-refractivity contribution in [1.82, 2.24) is 9.38 Å². The first-order chi connectivity index (χ1) is 6.18. The van der Waals surface area contributed by atoms with Crippen LogP contribution in [-0.2, 0) is 0 Å². The average Bonchev–Trinajstić information content (AvgIpc) is 2.47. The van der Waals surface area contributed by atoms with Crippen molar-refractivity contribution in [2.24, 2.45) is 0 Å². The van der Waals surface area contributed by atoms with E-state index in [0.717, 1.165) is 11.3 Å². The van der Waals surface area contributed by atoms with Crippen LogP contribution in [0.3, 0.4) is 0 Å². The largest absolute Gasteiger partial charge is 0.478 e. The Morgan fingerprint density at radius 2 is 2.31 bits per heavy atom. The number of carboxylic acids is 1. The minimum absolute atomic E-state index is 0.272. The fraction of sp³-hybridized carbons (Fsp3) is 0.111. The van der Waals surface area contributed by atoms with Crippen LogP contribution in [-0.4, -0.2) is 20.5 Å². The highest BCUT2D eigenvalue weighted by Gasteiger charge is 2.04. The van der Waals surface area contributed by atoms with Crippen molar-refractivity contribution in [3.63, 3.8) is 0 Å². The Balaban J connectivity index is 2.72. The van der Waals surface area contributed by atoms with Gasteiger partial charge in [0.05, 0.1) is 5.56 Å². The number of imidazole rings is 1. The lowest BCUT2D eigenvalue weighted by atomic mass is 10.3. The molecule has 0 unspecified atom stereocenters. The molecule has 0 aliphatic rings. The minimum Gasteiger partial charge on any atom is -0.478 e. The highest BCUT2D eigenvalue weighted by Crippen LogP contribution is 2.07. The summed E-state index contributed by atoms with van der Waals surface area (Å²) in [4.78, 5) is 14.7. The van der Waals surface area contributed by atoms with Gasteiger partial charge in [0.1, 0.15) is 5.65 Å². The molecule has 0 saturated carbocycles. The Labute approximate surface area is 74.5 Å². The fourth-order valence-corrected chi connectivity index (χ4v) is 1.23. The summed E-state index contributed by atoms with van der Waals surface area (Å²) in [5, 5.41) is 8.74. The Bertz CT molecular complexity index is 473. The molecule has 0 fully saturated rings. The van der Waals surface area contributed by atoms with Gasteiger partial charge in [-0.3, -0.25) is 0 Å². The maximum Gasteiger partial charge on any atom is 0.337 e. The molecule has 13 heavy (non-hydrogen) atoms. The van der Waals surface area contributed by atoms with E-state index in [1.54, 1.807) is 28.9 Å². The Hall–Kier alpha value is -1.84. The summed E-state index contributed by atoms with van der Waals surface area (Å²) in [6, 6.07) is 3.24. The summed E-state index contributed by atoms with van der Waals surface area (Å²) >= 11 is 0. The fourth-order valence-electron chi connectivity index (χ4n) is 1.23. The zero-order valence-corrected chi connectivity index (χ0v) is 7.06. The van der Waals surface area contributed by atoms with Crippen LogP contribution in [0.15, 0.2) is 24.5 Å². The van der Waals surface area contributed by atoms with Gasteiger partial charge < -0.3 is 9.51 Å². The third-order valence-electron chi connectivity index (χ3n) is 1.94. The Morgan fingerprint density at radius 3 is 3.00 bits per heavy atom. The molecule has 2 rings (SSSR count). The molecule has 4 heteroatoms. The number of pyridine rings is 1. The second-order valence-electron chi connectivity index (χ2n) is 2.85. The molecule has 2 heterocycles. The molecule has 0 amide bonds. The monoisotopic (exact) mass is 176 g/mol. The summed E-state index contributed by atoms with van der Waals surface area (Å²) in [7, 11) is 0. The van der Waals surface area contributed by atoms with Crippen LogP contribution in [0.1, 0.15) is 16.1 Å². The van der Waals surface area contributed by atoms with Crippen LogP contribution < -0.4 is 0 Å². The third-order valence-corrected chi connectivity index (χ3v) is 1.94. The van der Waals surface area contributed by atoms with Gasteiger partial charge in [0.15, 0.2) is 0 Å². The third kappa shape index (κ3) is 1.16. The zero-order chi connectivity index (χ0) is 9.42. The number of aromatic carboxylic acids is 1. The molecule has 0 spiro atoms. The quantitative estimate of drug-likeness (QED) is 0.713. The number of hydrogen-bond donors (Lipinski definition) is 1. The van der Waals surface area contributed by atoms with Crippen LogP contribution in [0.2, 0.25) is 0 Å². The molecule has 0 aromatic carbocycles. The first-order valence-electron chi connectivity index (χ1n) is 3.85. The zero-order valence-electron chi connectivity index (χ0n) is 7.06. The number of carbonyl (C=O) groups is 1. The minimum atomic E-state index is -0.921. The lowest BCUT2D eigenvalue weighted by Gasteiger charge is -1.97. The lowest BCUT2D eigenvalue weighted by molar-refractivity contribution is 0.0696. The molecular weight excluding hydrogens is 168 g/mol. The highest BCUT2D eigenvalue weighted by atomic mass is 16.4. The number of aryl methyl sites for hydroxylation is 1. The van der Waals surface area contributed by atoms with Crippen molar-refractivity contribution in [2.75, 3.05) is 0 Å². The van der Waals surface area contributed by atoms with Gasteiger partial charge in [-0.2, -0.15) is 0 Å². The lowest BCUT2D eigenvalue weighted by Crippen LogP contribution is -1.99. The molecule has 4 nitrogen and oxygen atoms in total. The van der Waals surface area contributed by atoms with Crippen molar-refractivity contribution in [1.29, 1.82) is 0 Å². The Kier molecular flexibility index (Phi) is 1.55. The van der Waals surface area contributed by atoms with Crippen LogP contribution in [0.5, 0.6) is 0 Å². The molecule has 1 N–H and O–H groups in total. The number of aromatic nitrogens is 2. The number of fused-ring (bicyclic) bond motifs is 1. The standard InChI is InChI=1S/C9H8N2O2/c1-6-4-10-8-3-2-7(9(12)13)5-11(6)8/h2-5H,1H3,(H,12,13). The summed E-state index contributed by atoms with van der Waals surface area (Å²) in [6.45, 7) is 1.88. The van der Waals surface area contributed by atoms with Crippen molar-refractivity contribution in [3.8, 4) is 0 Å². The van der Waals surface area contributed by atoms with E-state index in [9.17, 15) is 4.79 Å². The molecule has 0 aliphatic heterocycles. The van der Waals surface area contributed by atoms with Gasteiger partial charge in [0.25, 0.3) is 0 Å². The van der Waals surface area contributed by atoms with Gasteiger partial charge in [-0.1, -0.05) is 0 Å². The number of rotatable bonds is 1. The smallest absolute Gasteiger partial charge is 0.337 e. The van der Waals surface area contributed by atoms with E-state index in [2.05, 4.69) is 4.98 Å². The summed E-state index contributed by atoms with van der Waals surface area (Å²) in [5.41, 5.74) is 1.97. The van der Waals surface area contributed by atoms with E-state index in [0.29, 0.717) is 0 Å². The predicted octanol–water partition coefficient (Wildman–Crippen LogP) is 1.34. The highest BCUT2D eigenvalue weighted by molar-refractivity contribution is 5.87. The van der Waals surface area contributed by atoms with E-state index in [1.165, 1.54) is 0 Å². The molecule has 0 radical (unpaired) electrons. The number of carboxylic acid groups (broad SMARTS) is 1. The summed E-state index contributed by atoms with van der Waals surface area (Å²) in [6.07, 6.45) is 3.28. The molecule has 0 saturated heterocycles. The molecule has 2 aromatic heterocycles. The first kappa shape index (κ1) is 7.79. The molecular formula is C9H8N2O2. The van der Waals surface area contributed by atoms with Gasteiger partial charge in [-0.25, -0.2) is 9.78 Å². The molecule has 0 atom stereocenters. The van der Waals surface area contributed by atoms with Gasteiger partial charge in [-0.15, -0.1) is 0 Å². The topological polar surface area (TPSA) is 54.6 Å². The van der Waals surface area contributed by atoms with E-state index in [4.69, 9.17) is 5.11 Å². The molecule has 0 bridgehead atoms. The number of hydrogen-bond acceptors (Lipinski definition) is 2. The average molecular weight is 176 g/mol. The summed E-state index contributed by atoms with van der Waals surface area (Å²) in [5.74, 6) is -0.921. The predicted molar refractivity (Wildman–Crippen MR) is 46.9 cm³/mol. The van der Waals surface area contributed by atoms with Crippen molar-refractivity contribution < 1.29 is 9.90 Å². The van der Waals surface area contributed by atoms with Gasteiger partial charge in [0.2, 0.25) is 0 Å². The van der Waals surface area contributed by atoms with Gasteiger partial charge in [0, 0.05) is 18.1 Å². The van der Waals surface area contributed by atoms with Crippen molar-refractivity contribution in [2.45, 2.75) is 6.92 Å². The molecule has 0 aliphatic carbocycles. The van der Waals surface area contributed by atoms with Crippen LogP contribution in [0.25, 0.3) is 5.65 Å². The van der Waals surface area contributed by atoms with Crippen molar-refractivity contribution in [3.05, 3.63) is 35.8 Å². The van der Waals surface area contributed by atoms with Crippen LogP contribution in [0.4, 0.5) is 0 Å². The van der Waals surface area contributed by atoms with Crippen LogP contribution >= 0.6 is 0 Å². The normalized spacial score (nSPS) is 10.5. The Morgan fingerprint density at radius 1 is 1.54 bits per heavy atom. The van der Waals surface area contributed by atoms with E-state index < -0.39 is 5.97 Å². The second-order valence-corrected chi connectivity index (χ2v) is 2.85. The molecule has 66 valence electrons. The summed E-state index contributed by atoms with van der Waals surface area (Å²) < 4.78 is 1.75. The maximum atomic E-state index is 10.6. The van der Waals surface area contributed by atoms with E-state index in [-0.39, 0.29) is 5.56 Å². The SMILES string of the molecule is Cc1cnc2ccc(C(=O)O)cn12. The van der Waals surface area contributed by atoms with Gasteiger partial charge in [-0.05, 0) is 19.1 Å². The van der Waals surface area contributed by atoms with Crippen LogP contribution in [0, 0.1) is 6.92 Å². The van der Waals surface area contributed by atoms with Crippen molar-refractivity contribution >= 4 is 11.6 Å². The van der Waals surface area contributed by atoms with E-state index in [1.807, 2.05) is 6.92 Å². The van der Waals surface area contributed by atoms with Gasteiger partial charge >= 0.3 is 5.97 Å². The van der Waals surface area contributed by atoms with E-state index >= 15 is 0 Å². The number of nitrogens with zero attached hydrogens (tertiary/aromatic N) is 2. The maximum absolute atomic E-state index is 10.6. The molecule has 2 aromatic rings. The second kappa shape index (κ2) is 2.58.